The van der Waals surface area contributed by atoms with Crippen LogP contribution in [0.5, 0.6) is 0 Å². The van der Waals surface area contributed by atoms with Crippen LogP contribution in [0.25, 0.3) is 0 Å². The number of amides is 4. The highest BCUT2D eigenvalue weighted by Crippen LogP contribution is 2.58. The van der Waals surface area contributed by atoms with E-state index in [9.17, 15) is 38.7 Å². The Labute approximate surface area is 252 Å². The molecule has 4 bridgehead atoms. The number of hydrogen-bond donors (Lipinski definition) is 5. The SMILES string of the molecule is CNC(=O)C(=O)CC[C@H](NC(=O)c1cncc(C(=O)O)c1)C(=O)Nc1cccn(CC(=O)NC2C3CC4CC(C3)C2C4)c1=O. The third kappa shape index (κ3) is 6.53. The van der Waals surface area contributed by atoms with Crippen molar-refractivity contribution in [1.82, 2.24) is 25.5 Å². The molecule has 2 aromatic rings. The van der Waals surface area contributed by atoms with Gasteiger partial charge in [-0.15, -0.1) is 0 Å². The zero-order valence-electron chi connectivity index (χ0n) is 24.1. The molecular formula is C30H34N6O8. The van der Waals surface area contributed by atoms with E-state index in [1.54, 1.807) is 0 Å². The summed E-state index contributed by atoms with van der Waals surface area (Å²) in [5, 5.41) is 19.4. The van der Waals surface area contributed by atoms with Gasteiger partial charge in [0.2, 0.25) is 17.6 Å². The molecule has 4 aliphatic rings. The number of carboxylic acid groups (broad SMARTS) is 1. The smallest absolute Gasteiger partial charge is 0.337 e. The second-order valence-corrected chi connectivity index (χ2v) is 11.8. The van der Waals surface area contributed by atoms with Crippen molar-refractivity contribution in [1.29, 1.82) is 0 Å². The summed E-state index contributed by atoms with van der Waals surface area (Å²) in [7, 11) is 1.27. The number of aromatic nitrogens is 2. The Morgan fingerprint density at radius 1 is 1.05 bits per heavy atom. The molecule has 14 heteroatoms. The molecule has 232 valence electrons. The zero-order chi connectivity index (χ0) is 31.5. The molecule has 4 fully saturated rings. The first kappa shape index (κ1) is 30.6. The Bertz CT molecular complexity index is 1570. The summed E-state index contributed by atoms with van der Waals surface area (Å²) >= 11 is 0. The number of likely N-dealkylation sites (N-methyl/N-ethyl adjacent to an activating group) is 1. The number of aromatic carboxylic acids is 1. The fraction of sp³-hybridized carbons (Fsp3) is 0.467. The lowest BCUT2D eigenvalue weighted by Crippen LogP contribution is -2.46. The van der Waals surface area contributed by atoms with Gasteiger partial charge in [0.15, 0.2) is 0 Å². The van der Waals surface area contributed by atoms with Crippen molar-refractivity contribution in [2.45, 2.75) is 57.2 Å². The van der Waals surface area contributed by atoms with Crippen molar-refractivity contribution in [3.63, 3.8) is 0 Å². The van der Waals surface area contributed by atoms with Crippen LogP contribution in [0.3, 0.4) is 0 Å². The van der Waals surface area contributed by atoms with Gasteiger partial charge in [-0.25, -0.2) is 4.79 Å². The third-order valence-electron chi connectivity index (χ3n) is 8.99. The van der Waals surface area contributed by atoms with Crippen LogP contribution in [0.1, 0.15) is 59.2 Å². The summed E-state index contributed by atoms with van der Waals surface area (Å²) in [5.74, 6) is -2.61. The minimum absolute atomic E-state index is 0.123. The highest BCUT2D eigenvalue weighted by Gasteiger charge is 2.54. The number of nitrogens with zero attached hydrogens (tertiary/aromatic N) is 2. The lowest BCUT2D eigenvalue weighted by Gasteiger charge is -2.32. The number of pyridine rings is 2. The van der Waals surface area contributed by atoms with Gasteiger partial charge in [-0.3, -0.25) is 33.8 Å². The molecule has 44 heavy (non-hydrogen) atoms. The van der Waals surface area contributed by atoms with Crippen LogP contribution < -0.4 is 26.8 Å². The lowest BCUT2D eigenvalue weighted by atomic mass is 9.79. The summed E-state index contributed by atoms with van der Waals surface area (Å²) in [5.41, 5.74) is -1.21. The quantitative estimate of drug-likeness (QED) is 0.211. The molecular weight excluding hydrogens is 572 g/mol. The van der Waals surface area contributed by atoms with E-state index in [4.69, 9.17) is 0 Å². The second kappa shape index (κ2) is 12.8. The van der Waals surface area contributed by atoms with Crippen LogP contribution in [-0.2, 0) is 25.7 Å². The Kier molecular flexibility index (Phi) is 8.88. The first-order chi connectivity index (χ1) is 21.0. The highest BCUT2D eigenvalue weighted by molar-refractivity contribution is 6.36. The summed E-state index contributed by atoms with van der Waals surface area (Å²) in [6.45, 7) is -0.236. The highest BCUT2D eigenvalue weighted by atomic mass is 16.4. The molecule has 0 radical (unpaired) electrons. The van der Waals surface area contributed by atoms with Crippen LogP contribution in [-0.4, -0.2) is 69.2 Å². The van der Waals surface area contributed by atoms with Crippen molar-refractivity contribution < 1.29 is 33.9 Å². The van der Waals surface area contributed by atoms with Gasteiger partial charge in [0.1, 0.15) is 18.3 Å². The summed E-state index contributed by atoms with van der Waals surface area (Å²) < 4.78 is 1.18. The maximum atomic E-state index is 13.3. The number of carbonyl (C=O) groups excluding carboxylic acids is 5. The van der Waals surface area contributed by atoms with Crippen molar-refractivity contribution in [2.75, 3.05) is 12.4 Å². The molecule has 0 saturated heterocycles. The van der Waals surface area contributed by atoms with Gasteiger partial charge in [0.05, 0.1) is 11.1 Å². The maximum absolute atomic E-state index is 13.3. The molecule has 4 amide bonds. The molecule has 2 aromatic heterocycles. The summed E-state index contributed by atoms with van der Waals surface area (Å²) in [6.07, 6.45) is 7.54. The average molecular weight is 607 g/mol. The number of carbonyl (C=O) groups is 6. The predicted octanol–water partition coefficient (Wildman–Crippen LogP) is 0.325. The number of hydrogen-bond acceptors (Lipinski definition) is 8. The largest absolute Gasteiger partial charge is 0.478 e. The molecule has 4 saturated carbocycles. The summed E-state index contributed by atoms with van der Waals surface area (Å²) in [4.78, 5) is 91.2. The average Bonchev–Trinajstić information content (AvgIpc) is 3.42. The molecule has 0 spiro atoms. The van der Waals surface area contributed by atoms with Gasteiger partial charge in [-0.1, -0.05) is 0 Å². The normalized spacial score (nSPS) is 23.4. The van der Waals surface area contributed by atoms with E-state index in [1.807, 2.05) is 0 Å². The maximum Gasteiger partial charge on any atom is 0.337 e. The monoisotopic (exact) mass is 606 g/mol. The third-order valence-corrected chi connectivity index (χ3v) is 8.99. The van der Waals surface area contributed by atoms with Crippen molar-refractivity contribution in [3.05, 3.63) is 58.3 Å². The van der Waals surface area contributed by atoms with Gasteiger partial charge in [0, 0.05) is 38.1 Å². The second-order valence-electron chi connectivity index (χ2n) is 11.8. The Balaban J connectivity index is 1.27. The van der Waals surface area contributed by atoms with Crippen LogP contribution in [0.2, 0.25) is 0 Å². The molecule has 2 heterocycles. The van der Waals surface area contributed by atoms with Crippen molar-refractivity contribution in [3.8, 4) is 0 Å². The molecule has 5 unspecified atom stereocenters. The molecule has 5 N–H and O–H groups in total. The standard InChI is InChI=1S/C30H34N6O8/c1-31-28(41)23(37)5-4-21(33-26(39)18-11-19(30(43)44)13-32-12-18)27(40)34-22-3-2-6-36(29(22)42)14-24(38)35-25-17-8-15-7-16(10-17)20(25)9-15/h2-3,6,11-13,15-17,20-21,25H,4-5,7-10,14H2,1H3,(H,31,41)(H,33,39)(H,34,40)(H,35,38)(H,43,44)/t15?,16?,17?,20?,21-,25?/m0/s1. The van der Waals surface area contributed by atoms with E-state index in [0.717, 1.165) is 43.6 Å². The molecule has 0 aliphatic heterocycles. The van der Waals surface area contributed by atoms with Crippen LogP contribution in [0.15, 0.2) is 41.6 Å². The van der Waals surface area contributed by atoms with Crippen LogP contribution in [0.4, 0.5) is 5.69 Å². The van der Waals surface area contributed by atoms with E-state index < -0.39 is 47.5 Å². The first-order valence-electron chi connectivity index (χ1n) is 14.6. The van der Waals surface area contributed by atoms with Gasteiger partial charge < -0.3 is 30.9 Å². The van der Waals surface area contributed by atoms with E-state index in [2.05, 4.69) is 26.3 Å². The van der Waals surface area contributed by atoms with Crippen LogP contribution >= 0.6 is 0 Å². The molecule has 0 aromatic carbocycles. The Morgan fingerprint density at radius 2 is 1.80 bits per heavy atom. The molecule has 14 nitrogen and oxygen atoms in total. The van der Waals surface area contributed by atoms with E-state index in [0.29, 0.717) is 17.8 Å². The predicted molar refractivity (Wildman–Crippen MR) is 154 cm³/mol. The zero-order valence-corrected chi connectivity index (χ0v) is 24.1. The number of Topliss-reactive ketones (excluding diaryl/α,β-unsaturated/α-hetero) is 1. The van der Waals surface area contributed by atoms with Crippen LogP contribution in [0, 0.1) is 23.7 Å². The fourth-order valence-electron chi connectivity index (χ4n) is 7.04. The minimum Gasteiger partial charge on any atom is -0.478 e. The van der Waals surface area contributed by atoms with E-state index in [-0.39, 0.29) is 41.7 Å². The summed E-state index contributed by atoms with van der Waals surface area (Å²) in [6, 6.07) is 2.64. The van der Waals surface area contributed by atoms with E-state index in [1.165, 1.54) is 36.4 Å². The molecule has 6 rings (SSSR count). The van der Waals surface area contributed by atoms with E-state index >= 15 is 0 Å². The number of nitrogens with one attached hydrogen (secondary N) is 4. The van der Waals surface area contributed by atoms with Gasteiger partial charge >= 0.3 is 5.97 Å². The number of ketones is 1. The fourth-order valence-corrected chi connectivity index (χ4v) is 7.04. The first-order valence-corrected chi connectivity index (χ1v) is 14.6. The Hall–Kier alpha value is -4.88. The van der Waals surface area contributed by atoms with Gasteiger partial charge in [0.25, 0.3) is 17.4 Å². The number of rotatable bonds is 12. The topological polar surface area (TPSA) is 206 Å². The molecule has 4 aliphatic carbocycles. The minimum atomic E-state index is -1.39. The number of carboxylic acids is 1. The molecule has 6 atom stereocenters. The van der Waals surface area contributed by atoms with Crippen molar-refractivity contribution in [2.24, 2.45) is 23.7 Å². The number of anilines is 1. The van der Waals surface area contributed by atoms with Gasteiger partial charge in [-0.05, 0) is 74.0 Å². The van der Waals surface area contributed by atoms with Gasteiger partial charge in [-0.2, -0.15) is 0 Å². The van der Waals surface area contributed by atoms with Crippen molar-refractivity contribution >= 4 is 41.1 Å². The lowest BCUT2D eigenvalue weighted by molar-refractivity contribution is -0.137. The Morgan fingerprint density at radius 3 is 2.52 bits per heavy atom.